The third kappa shape index (κ3) is 3.20. The van der Waals surface area contributed by atoms with Gasteiger partial charge in [0.25, 0.3) is 0 Å². The summed E-state index contributed by atoms with van der Waals surface area (Å²) >= 11 is 0. The molecule has 0 aromatic heterocycles. The van der Waals surface area contributed by atoms with Gasteiger partial charge in [-0.3, -0.25) is 4.79 Å². The van der Waals surface area contributed by atoms with Crippen LogP contribution in [-0.2, 0) is 4.79 Å². The molecule has 0 saturated carbocycles. The van der Waals surface area contributed by atoms with Crippen LogP contribution in [0.1, 0.15) is 20.8 Å². The van der Waals surface area contributed by atoms with Crippen LogP contribution in [0.2, 0.25) is 0 Å². The molecule has 0 rings (SSSR count). The molecule has 0 spiro atoms. The largest absolute Gasteiger partial charge is 0.302 e. The second kappa shape index (κ2) is 5.25. The van der Waals surface area contributed by atoms with E-state index >= 15 is 0 Å². The van der Waals surface area contributed by atoms with E-state index in [1.165, 1.54) is 6.92 Å². The van der Waals surface area contributed by atoms with Crippen LogP contribution in [0.4, 0.5) is 0 Å². The SMILES string of the molecule is C=C/C=C(C)\C(=C/C)C(=O)C(C)=N. The van der Waals surface area contributed by atoms with Crippen molar-refractivity contribution < 1.29 is 4.79 Å². The molecule has 0 fully saturated rings. The number of hydrogen-bond donors (Lipinski definition) is 1. The van der Waals surface area contributed by atoms with Crippen LogP contribution in [0, 0.1) is 5.41 Å². The van der Waals surface area contributed by atoms with Gasteiger partial charge < -0.3 is 5.41 Å². The number of carbonyl (C=O) groups is 1. The standard InChI is InChI=1S/C11H15NO/c1-5-7-8(3)10(6-2)11(13)9(4)12/h5-7,12H,1H2,2-4H3/b8-7-,10-6+,12-9?. The molecule has 0 radical (unpaired) electrons. The van der Waals surface area contributed by atoms with Crippen molar-refractivity contribution in [1.29, 1.82) is 5.41 Å². The molecule has 0 aliphatic heterocycles. The zero-order valence-electron chi connectivity index (χ0n) is 8.35. The van der Waals surface area contributed by atoms with Gasteiger partial charge in [0.05, 0.1) is 5.71 Å². The van der Waals surface area contributed by atoms with Crippen molar-refractivity contribution >= 4 is 11.5 Å². The number of nitrogens with one attached hydrogen (secondary N) is 1. The predicted molar refractivity (Wildman–Crippen MR) is 56.1 cm³/mol. The van der Waals surface area contributed by atoms with Crippen LogP contribution < -0.4 is 0 Å². The average molecular weight is 177 g/mol. The summed E-state index contributed by atoms with van der Waals surface area (Å²) in [4.78, 5) is 11.4. The molecule has 13 heavy (non-hydrogen) atoms. The van der Waals surface area contributed by atoms with Gasteiger partial charge in [0, 0.05) is 5.57 Å². The maximum Gasteiger partial charge on any atom is 0.206 e. The average Bonchev–Trinajstić information content (AvgIpc) is 2.05. The van der Waals surface area contributed by atoms with Crippen molar-refractivity contribution in [3.63, 3.8) is 0 Å². The van der Waals surface area contributed by atoms with Crippen molar-refractivity contribution in [2.45, 2.75) is 20.8 Å². The van der Waals surface area contributed by atoms with Gasteiger partial charge in [0.2, 0.25) is 5.78 Å². The van der Waals surface area contributed by atoms with Crippen molar-refractivity contribution in [2.24, 2.45) is 0 Å². The molecular formula is C11H15NO. The number of ketones is 1. The Bertz CT molecular complexity index is 291. The molecule has 0 aromatic rings. The number of hydrogen-bond acceptors (Lipinski definition) is 2. The molecule has 2 heteroatoms. The summed E-state index contributed by atoms with van der Waals surface area (Å²) in [6, 6.07) is 0. The third-order valence-corrected chi connectivity index (χ3v) is 1.67. The fourth-order valence-electron chi connectivity index (χ4n) is 1.01. The second-order valence-electron chi connectivity index (χ2n) is 2.74. The van der Waals surface area contributed by atoms with Crippen molar-refractivity contribution in [3.8, 4) is 0 Å². The Morgan fingerprint density at radius 1 is 1.38 bits per heavy atom. The minimum Gasteiger partial charge on any atom is -0.302 e. The molecule has 2 nitrogen and oxygen atoms in total. The Balaban J connectivity index is 4.95. The molecule has 0 aliphatic carbocycles. The minimum absolute atomic E-state index is 0.0601. The van der Waals surface area contributed by atoms with E-state index in [0.717, 1.165) is 5.57 Å². The molecule has 0 atom stereocenters. The lowest BCUT2D eigenvalue weighted by Gasteiger charge is -2.03. The van der Waals surface area contributed by atoms with E-state index in [2.05, 4.69) is 6.58 Å². The molecule has 0 amide bonds. The summed E-state index contributed by atoms with van der Waals surface area (Å²) in [6.45, 7) is 8.67. The van der Waals surface area contributed by atoms with E-state index in [1.54, 1.807) is 25.2 Å². The summed E-state index contributed by atoms with van der Waals surface area (Å²) in [7, 11) is 0. The minimum atomic E-state index is -0.224. The lowest BCUT2D eigenvalue weighted by atomic mass is 10.0. The molecule has 0 aromatic carbocycles. The van der Waals surface area contributed by atoms with Gasteiger partial charge >= 0.3 is 0 Å². The van der Waals surface area contributed by atoms with Gasteiger partial charge in [-0.05, 0) is 26.3 Å². The molecule has 0 bridgehead atoms. The van der Waals surface area contributed by atoms with Gasteiger partial charge in [0.15, 0.2) is 0 Å². The predicted octanol–water partition coefficient (Wildman–Crippen LogP) is 2.67. The van der Waals surface area contributed by atoms with Crippen molar-refractivity contribution in [3.05, 3.63) is 36.0 Å². The highest BCUT2D eigenvalue weighted by Gasteiger charge is 2.11. The van der Waals surface area contributed by atoms with E-state index < -0.39 is 0 Å². The topological polar surface area (TPSA) is 40.9 Å². The van der Waals surface area contributed by atoms with Gasteiger partial charge in [-0.2, -0.15) is 0 Å². The summed E-state index contributed by atoms with van der Waals surface area (Å²) in [6.07, 6.45) is 5.11. The Kier molecular flexibility index (Phi) is 4.67. The van der Waals surface area contributed by atoms with Gasteiger partial charge in [-0.25, -0.2) is 0 Å². The van der Waals surface area contributed by atoms with E-state index in [9.17, 15) is 4.79 Å². The van der Waals surface area contributed by atoms with Crippen LogP contribution in [0.25, 0.3) is 0 Å². The van der Waals surface area contributed by atoms with E-state index in [-0.39, 0.29) is 11.5 Å². The Morgan fingerprint density at radius 2 is 1.92 bits per heavy atom. The number of allylic oxidation sites excluding steroid dienone is 5. The fraction of sp³-hybridized carbons (Fsp3) is 0.273. The Labute approximate surface area is 79.2 Å². The van der Waals surface area contributed by atoms with Crippen LogP contribution in [-0.4, -0.2) is 11.5 Å². The Hall–Kier alpha value is -1.44. The first kappa shape index (κ1) is 11.6. The van der Waals surface area contributed by atoms with Crippen LogP contribution in [0.15, 0.2) is 36.0 Å². The fourth-order valence-corrected chi connectivity index (χ4v) is 1.01. The normalized spacial score (nSPS) is 12.5. The van der Waals surface area contributed by atoms with Crippen LogP contribution in [0.3, 0.4) is 0 Å². The first-order valence-corrected chi connectivity index (χ1v) is 4.10. The lowest BCUT2D eigenvalue weighted by Crippen LogP contribution is -2.12. The number of carbonyl (C=O) groups excluding carboxylic acids is 1. The van der Waals surface area contributed by atoms with Crippen LogP contribution in [0.5, 0.6) is 0 Å². The monoisotopic (exact) mass is 177 g/mol. The summed E-state index contributed by atoms with van der Waals surface area (Å²) in [5.74, 6) is -0.224. The molecule has 0 unspecified atom stereocenters. The summed E-state index contributed by atoms with van der Waals surface area (Å²) in [5, 5.41) is 7.22. The number of Topliss-reactive ketones (excluding diaryl/α,β-unsaturated/α-hetero) is 1. The third-order valence-electron chi connectivity index (χ3n) is 1.67. The first-order valence-electron chi connectivity index (χ1n) is 4.10. The summed E-state index contributed by atoms with van der Waals surface area (Å²) in [5.41, 5.74) is 1.48. The number of rotatable bonds is 4. The highest BCUT2D eigenvalue weighted by atomic mass is 16.1. The quantitative estimate of drug-likeness (QED) is 0.400. The summed E-state index contributed by atoms with van der Waals surface area (Å²) < 4.78 is 0. The van der Waals surface area contributed by atoms with E-state index in [1.807, 2.05) is 6.92 Å². The maximum atomic E-state index is 11.4. The van der Waals surface area contributed by atoms with Gasteiger partial charge in [-0.1, -0.05) is 24.8 Å². The van der Waals surface area contributed by atoms with Crippen LogP contribution >= 0.6 is 0 Å². The van der Waals surface area contributed by atoms with Gasteiger partial charge in [-0.15, -0.1) is 0 Å². The lowest BCUT2D eigenvalue weighted by molar-refractivity contribution is -0.109. The van der Waals surface area contributed by atoms with E-state index in [0.29, 0.717) is 5.57 Å². The smallest absolute Gasteiger partial charge is 0.206 e. The molecule has 1 N–H and O–H groups in total. The molecule has 0 aliphatic rings. The molecule has 0 saturated heterocycles. The highest BCUT2D eigenvalue weighted by molar-refractivity contribution is 6.44. The highest BCUT2D eigenvalue weighted by Crippen LogP contribution is 2.10. The molecule has 0 heterocycles. The van der Waals surface area contributed by atoms with E-state index in [4.69, 9.17) is 5.41 Å². The molecule has 70 valence electrons. The molecular weight excluding hydrogens is 162 g/mol. The van der Waals surface area contributed by atoms with Crippen molar-refractivity contribution in [2.75, 3.05) is 0 Å². The maximum absolute atomic E-state index is 11.4. The zero-order chi connectivity index (χ0) is 10.4. The Morgan fingerprint density at radius 3 is 2.23 bits per heavy atom. The second-order valence-corrected chi connectivity index (χ2v) is 2.74. The first-order chi connectivity index (χ1) is 6.04. The van der Waals surface area contributed by atoms with Gasteiger partial charge in [0.1, 0.15) is 0 Å². The van der Waals surface area contributed by atoms with Crippen molar-refractivity contribution in [1.82, 2.24) is 0 Å². The zero-order valence-corrected chi connectivity index (χ0v) is 8.35.